The summed E-state index contributed by atoms with van der Waals surface area (Å²) < 4.78 is 18.2. The quantitative estimate of drug-likeness (QED) is 0.904. The van der Waals surface area contributed by atoms with Crippen molar-refractivity contribution in [2.24, 2.45) is 0 Å². The molecule has 0 saturated carbocycles. The largest absolute Gasteiger partial charge is 0.375 e. The summed E-state index contributed by atoms with van der Waals surface area (Å²) in [6, 6.07) is 4.71. The first kappa shape index (κ1) is 13.1. The summed E-state index contributed by atoms with van der Waals surface area (Å²) >= 11 is 0. The van der Waals surface area contributed by atoms with Gasteiger partial charge < -0.3 is 15.0 Å². The summed E-state index contributed by atoms with van der Waals surface area (Å²) in [4.78, 5) is 15.0. The second-order valence-corrected chi connectivity index (χ2v) is 5.15. The van der Waals surface area contributed by atoms with Crippen LogP contribution in [0.4, 0.5) is 4.39 Å². The molecule has 1 aliphatic carbocycles. The Morgan fingerprint density at radius 3 is 3.20 bits per heavy atom. The molecule has 0 bridgehead atoms. The maximum Gasteiger partial charge on any atom is 0.246 e. The fourth-order valence-electron chi connectivity index (χ4n) is 2.95. The number of aromatic amines is 1. The molecule has 1 atom stereocenters. The van der Waals surface area contributed by atoms with Gasteiger partial charge in [-0.1, -0.05) is 0 Å². The molecule has 4 nitrogen and oxygen atoms in total. The number of hydrogen-bond donors (Lipinski definition) is 2. The van der Waals surface area contributed by atoms with E-state index in [4.69, 9.17) is 4.74 Å². The Morgan fingerprint density at radius 1 is 1.55 bits per heavy atom. The molecule has 0 spiro atoms. The molecule has 2 N–H and O–H groups in total. The Labute approximate surface area is 116 Å². The third kappa shape index (κ3) is 2.29. The van der Waals surface area contributed by atoms with Crippen LogP contribution in [0.3, 0.4) is 0 Å². The van der Waals surface area contributed by atoms with Gasteiger partial charge in [-0.25, -0.2) is 4.39 Å². The van der Waals surface area contributed by atoms with Crippen LogP contribution in [0.1, 0.15) is 30.1 Å². The second kappa shape index (κ2) is 5.25. The molecular weight excluding hydrogens is 259 g/mol. The van der Waals surface area contributed by atoms with Crippen LogP contribution < -0.4 is 5.32 Å². The fraction of sp³-hybridized carbons (Fsp3) is 0.400. The third-order valence-corrected chi connectivity index (χ3v) is 3.78. The molecule has 1 heterocycles. The van der Waals surface area contributed by atoms with E-state index in [-0.39, 0.29) is 24.4 Å². The topological polar surface area (TPSA) is 54.1 Å². The monoisotopic (exact) mass is 276 g/mol. The van der Waals surface area contributed by atoms with Crippen LogP contribution in [0.5, 0.6) is 0 Å². The highest BCUT2D eigenvalue weighted by molar-refractivity contribution is 5.85. The van der Waals surface area contributed by atoms with E-state index in [1.807, 2.05) is 0 Å². The van der Waals surface area contributed by atoms with Crippen LogP contribution in [0.15, 0.2) is 18.2 Å². The van der Waals surface area contributed by atoms with Gasteiger partial charge in [-0.05, 0) is 43.0 Å². The molecule has 0 fully saturated rings. The van der Waals surface area contributed by atoms with Crippen molar-refractivity contribution < 1.29 is 13.9 Å². The highest BCUT2D eigenvalue weighted by Crippen LogP contribution is 2.34. The van der Waals surface area contributed by atoms with Crippen molar-refractivity contribution in [2.75, 3.05) is 13.7 Å². The van der Waals surface area contributed by atoms with Gasteiger partial charge in [-0.15, -0.1) is 0 Å². The number of carbonyl (C=O) groups excluding carboxylic acids is 1. The zero-order chi connectivity index (χ0) is 14.1. The van der Waals surface area contributed by atoms with Crippen LogP contribution in [0.2, 0.25) is 0 Å². The number of hydrogen-bond acceptors (Lipinski definition) is 2. The van der Waals surface area contributed by atoms with E-state index in [1.54, 1.807) is 12.1 Å². The first-order chi connectivity index (χ1) is 9.69. The average Bonchev–Trinajstić information content (AvgIpc) is 2.78. The van der Waals surface area contributed by atoms with Crippen LogP contribution in [-0.4, -0.2) is 24.6 Å². The normalized spacial score (nSPS) is 18.0. The molecule has 1 unspecified atom stereocenters. The standard InChI is InChI=1S/C15H17FN2O2/c1-20-8-14(19)17-13-4-2-3-10-11-7-9(16)5-6-12(11)18-15(10)13/h5-7,13,18H,2-4,8H2,1H3,(H,17,19). The van der Waals surface area contributed by atoms with Crippen LogP contribution in [-0.2, 0) is 16.0 Å². The van der Waals surface area contributed by atoms with Crippen molar-refractivity contribution >= 4 is 16.8 Å². The number of aromatic nitrogens is 1. The Bertz CT molecular complexity index is 651. The Balaban J connectivity index is 1.96. The first-order valence-electron chi connectivity index (χ1n) is 6.77. The molecular formula is C15H17FN2O2. The van der Waals surface area contributed by atoms with Gasteiger partial charge in [0.05, 0.1) is 6.04 Å². The van der Waals surface area contributed by atoms with Crippen LogP contribution in [0.25, 0.3) is 10.9 Å². The van der Waals surface area contributed by atoms with Crippen molar-refractivity contribution in [1.29, 1.82) is 0 Å². The summed E-state index contributed by atoms with van der Waals surface area (Å²) in [5, 5.41) is 3.88. The molecule has 2 aromatic rings. The minimum atomic E-state index is -0.232. The van der Waals surface area contributed by atoms with Crippen molar-refractivity contribution in [3.05, 3.63) is 35.3 Å². The number of carbonyl (C=O) groups is 1. The first-order valence-corrected chi connectivity index (χ1v) is 6.77. The van der Waals surface area contributed by atoms with Gasteiger partial charge in [0, 0.05) is 23.7 Å². The lowest BCUT2D eigenvalue weighted by molar-refractivity contribution is -0.125. The summed E-state index contributed by atoms with van der Waals surface area (Å²) in [6.07, 6.45) is 2.78. The lowest BCUT2D eigenvalue weighted by Crippen LogP contribution is -2.33. The van der Waals surface area contributed by atoms with E-state index >= 15 is 0 Å². The number of H-pyrrole nitrogens is 1. The molecule has 1 aromatic carbocycles. The van der Waals surface area contributed by atoms with E-state index in [9.17, 15) is 9.18 Å². The van der Waals surface area contributed by atoms with E-state index in [0.717, 1.165) is 41.4 Å². The van der Waals surface area contributed by atoms with Gasteiger partial charge in [0.25, 0.3) is 0 Å². The third-order valence-electron chi connectivity index (χ3n) is 3.78. The van der Waals surface area contributed by atoms with E-state index in [2.05, 4.69) is 10.3 Å². The zero-order valence-corrected chi connectivity index (χ0v) is 11.3. The average molecular weight is 276 g/mol. The predicted molar refractivity (Wildman–Crippen MR) is 74.0 cm³/mol. The van der Waals surface area contributed by atoms with Crippen molar-refractivity contribution in [1.82, 2.24) is 10.3 Å². The van der Waals surface area contributed by atoms with Crippen LogP contribution in [0, 0.1) is 5.82 Å². The minimum absolute atomic E-state index is 0.0446. The summed E-state index contributed by atoms with van der Waals surface area (Å²) in [5.74, 6) is -0.361. The SMILES string of the molecule is COCC(=O)NC1CCCc2c1[nH]c1ccc(F)cc21. The molecule has 1 aromatic heterocycles. The predicted octanol–water partition coefficient (Wildman–Crippen LogP) is 2.45. The van der Waals surface area contributed by atoms with Crippen molar-refractivity contribution in [3.8, 4) is 0 Å². The number of ether oxygens (including phenoxy) is 1. The molecule has 0 saturated heterocycles. The van der Waals surface area contributed by atoms with Gasteiger partial charge in [0.15, 0.2) is 0 Å². The van der Waals surface area contributed by atoms with Gasteiger partial charge in [-0.3, -0.25) is 4.79 Å². The molecule has 3 rings (SSSR count). The van der Waals surface area contributed by atoms with E-state index in [1.165, 1.54) is 13.2 Å². The summed E-state index contributed by atoms with van der Waals surface area (Å²) in [6.45, 7) is 0.0562. The number of aryl methyl sites for hydroxylation is 1. The number of benzene rings is 1. The minimum Gasteiger partial charge on any atom is -0.375 e. The number of halogens is 1. The van der Waals surface area contributed by atoms with E-state index < -0.39 is 0 Å². The van der Waals surface area contributed by atoms with E-state index in [0.29, 0.717) is 0 Å². The molecule has 1 aliphatic rings. The Kier molecular flexibility index (Phi) is 3.44. The van der Waals surface area contributed by atoms with Crippen molar-refractivity contribution in [3.63, 3.8) is 0 Å². The maximum absolute atomic E-state index is 13.4. The molecule has 5 heteroatoms. The maximum atomic E-state index is 13.4. The smallest absolute Gasteiger partial charge is 0.246 e. The fourth-order valence-corrected chi connectivity index (χ4v) is 2.95. The van der Waals surface area contributed by atoms with Gasteiger partial charge in [0.1, 0.15) is 12.4 Å². The van der Waals surface area contributed by atoms with Crippen molar-refractivity contribution in [2.45, 2.75) is 25.3 Å². The highest BCUT2D eigenvalue weighted by Gasteiger charge is 2.25. The zero-order valence-electron chi connectivity index (χ0n) is 11.3. The number of fused-ring (bicyclic) bond motifs is 3. The summed E-state index contributed by atoms with van der Waals surface area (Å²) in [5.41, 5.74) is 3.04. The molecule has 0 radical (unpaired) electrons. The molecule has 20 heavy (non-hydrogen) atoms. The Morgan fingerprint density at radius 2 is 2.40 bits per heavy atom. The van der Waals surface area contributed by atoms with Gasteiger partial charge in [-0.2, -0.15) is 0 Å². The lowest BCUT2D eigenvalue weighted by atomic mass is 9.91. The Hall–Kier alpha value is -1.88. The molecule has 106 valence electrons. The number of nitrogens with one attached hydrogen (secondary N) is 2. The van der Waals surface area contributed by atoms with Crippen LogP contribution >= 0.6 is 0 Å². The number of rotatable bonds is 3. The summed E-state index contributed by atoms with van der Waals surface area (Å²) in [7, 11) is 1.50. The number of amides is 1. The van der Waals surface area contributed by atoms with Gasteiger partial charge in [0.2, 0.25) is 5.91 Å². The highest BCUT2D eigenvalue weighted by atomic mass is 19.1. The lowest BCUT2D eigenvalue weighted by Gasteiger charge is -2.23. The number of methoxy groups -OCH3 is 1. The van der Waals surface area contributed by atoms with Gasteiger partial charge >= 0.3 is 0 Å². The molecule has 1 amide bonds. The molecule has 0 aliphatic heterocycles. The second-order valence-electron chi connectivity index (χ2n) is 5.15.